The van der Waals surface area contributed by atoms with E-state index < -0.39 is 0 Å². The fourth-order valence-electron chi connectivity index (χ4n) is 2.23. The molecule has 3 rings (SSSR count). The Hall–Kier alpha value is -2.47. The number of nitrogens with zero attached hydrogens (tertiary/aromatic N) is 3. The number of rotatable bonds is 3. The van der Waals surface area contributed by atoms with Crippen LogP contribution in [0.5, 0.6) is 0 Å². The summed E-state index contributed by atoms with van der Waals surface area (Å²) in [7, 11) is 0. The Bertz CT molecular complexity index is 900. The quantitative estimate of drug-likeness (QED) is 0.571. The van der Waals surface area contributed by atoms with Crippen molar-refractivity contribution in [2.24, 2.45) is 0 Å². The molecule has 2 N–H and O–H groups in total. The highest BCUT2D eigenvalue weighted by molar-refractivity contribution is 6.35. The van der Waals surface area contributed by atoms with E-state index in [1.165, 1.54) is 0 Å². The molecule has 0 fully saturated rings. The van der Waals surface area contributed by atoms with Gasteiger partial charge in [-0.3, -0.25) is 15.2 Å². The monoisotopic (exact) mass is 315 g/mol. The van der Waals surface area contributed by atoms with E-state index in [2.05, 4.69) is 23.8 Å². The molecule has 0 saturated heterocycles. The van der Waals surface area contributed by atoms with Gasteiger partial charge in [0, 0.05) is 17.3 Å². The summed E-state index contributed by atoms with van der Waals surface area (Å²) in [6, 6.07) is 5.55. The summed E-state index contributed by atoms with van der Waals surface area (Å²) in [5.74, 6) is 0.0673. The predicted octanol–water partition coefficient (Wildman–Crippen LogP) is 3.61. The SMILES string of the molecule is CC(C)c1cc(Cl)c2ccc3nc(C(=N)OC=N)cn3c2n1. The van der Waals surface area contributed by atoms with Gasteiger partial charge in [-0.2, -0.15) is 0 Å². The Labute approximate surface area is 131 Å². The van der Waals surface area contributed by atoms with Crippen molar-refractivity contribution in [2.75, 3.05) is 0 Å². The van der Waals surface area contributed by atoms with Gasteiger partial charge in [-0.1, -0.05) is 25.4 Å². The lowest BCUT2D eigenvalue weighted by atomic mass is 10.1. The highest BCUT2D eigenvalue weighted by Crippen LogP contribution is 2.27. The lowest BCUT2D eigenvalue weighted by Gasteiger charge is -2.09. The van der Waals surface area contributed by atoms with Crippen molar-refractivity contribution in [2.45, 2.75) is 19.8 Å². The summed E-state index contributed by atoms with van der Waals surface area (Å²) in [4.78, 5) is 8.98. The molecule has 22 heavy (non-hydrogen) atoms. The molecule has 0 bridgehead atoms. The summed E-state index contributed by atoms with van der Waals surface area (Å²) in [6.45, 7) is 4.11. The fourth-order valence-corrected chi connectivity index (χ4v) is 2.49. The summed E-state index contributed by atoms with van der Waals surface area (Å²) in [6.07, 6.45) is 2.37. The van der Waals surface area contributed by atoms with E-state index in [4.69, 9.17) is 27.2 Å². The number of nitrogens with one attached hydrogen (secondary N) is 2. The van der Waals surface area contributed by atoms with Crippen LogP contribution in [0.15, 0.2) is 24.4 Å². The third kappa shape index (κ3) is 2.31. The van der Waals surface area contributed by atoms with Crippen LogP contribution < -0.4 is 0 Å². The minimum Gasteiger partial charge on any atom is -0.426 e. The van der Waals surface area contributed by atoms with Crippen LogP contribution in [0, 0.1) is 10.8 Å². The van der Waals surface area contributed by atoms with Crippen molar-refractivity contribution in [3.8, 4) is 0 Å². The van der Waals surface area contributed by atoms with E-state index in [1.54, 1.807) is 10.6 Å². The predicted molar refractivity (Wildman–Crippen MR) is 86.3 cm³/mol. The molecule has 0 amide bonds. The maximum Gasteiger partial charge on any atom is 0.240 e. The first-order chi connectivity index (χ1) is 10.5. The molecule has 3 aromatic heterocycles. The number of imidazole rings is 1. The van der Waals surface area contributed by atoms with Crippen LogP contribution in [0.4, 0.5) is 0 Å². The van der Waals surface area contributed by atoms with E-state index in [9.17, 15) is 0 Å². The molecule has 0 aliphatic heterocycles. The van der Waals surface area contributed by atoms with Gasteiger partial charge in [0.1, 0.15) is 17.0 Å². The van der Waals surface area contributed by atoms with Gasteiger partial charge >= 0.3 is 0 Å². The van der Waals surface area contributed by atoms with Gasteiger partial charge in [0.15, 0.2) is 6.40 Å². The number of halogens is 1. The molecule has 0 aromatic carbocycles. The van der Waals surface area contributed by atoms with E-state index >= 15 is 0 Å². The van der Waals surface area contributed by atoms with Crippen molar-refractivity contribution in [1.29, 1.82) is 10.8 Å². The van der Waals surface area contributed by atoms with Crippen LogP contribution in [0.1, 0.15) is 31.2 Å². The number of aromatic nitrogens is 3. The molecule has 0 radical (unpaired) electrons. The Balaban J connectivity index is 2.29. The van der Waals surface area contributed by atoms with Crippen LogP contribution in [0.3, 0.4) is 0 Å². The number of ether oxygens (including phenoxy) is 1. The molecule has 3 heterocycles. The Morgan fingerprint density at radius 1 is 1.36 bits per heavy atom. The molecule has 3 aromatic rings. The molecule has 0 aliphatic rings. The Kier molecular flexibility index (Phi) is 3.54. The molecule has 7 heteroatoms. The van der Waals surface area contributed by atoms with Crippen LogP contribution in [-0.4, -0.2) is 26.7 Å². The Morgan fingerprint density at radius 2 is 2.14 bits per heavy atom. The molecule has 0 atom stereocenters. The third-order valence-electron chi connectivity index (χ3n) is 3.37. The summed E-state index contributed by atoms with van der Waals surface area (Å²) in [5, 5.41) is 16.1. The number of fused-ring (bicyclic) bond motifs is 3. The molecular weight excluding hydrogens is 302 g/mol. The molecule has 0 spiro atoms. The van der Waals surface area contributed by atoms with Crippen LogP contribution in [0.2, 0.25) is 5.02 Å². The zero-order valence-electron chi connectivity index (χ0n) is 12.1. The highest BCUT2D eigenvalue weighted by atomic mass is 35.5. The molecular formula is C15H14ClN5O. The fraction of sp³-hybridized carbons (Fsp3) is 0.200. The normalized spacial score (nSPS) is 11.3. The van der Waals surface area contributed by atoms with Crippen molar-refractivity contribution in [1.82, 2.24) is 14.4 Å². The topological polar surface area (TPSA) is 87.1 Å². The molecule has 0 saturated carbocycles. The van der Waals surface area contributed by atoms with E-state index in [-0.39, 0.29) is 11.8 Å². The number of hydrogen-bond acceptors (Lipinski definition) is 5. The third-order valence-corrected chi connectivity index (χ3v) is 3.68. The van der Waals surface area contributed by atoms with Gasteiger partial charge in [0.25, 0.3) is 0 Å². The van der Waals surface area contributed by atoms with Gasteiger partial charge in [0.2, 0.25) is 5.90 Å². The lowest BCUT2D eigenvalue weighted by molar-refractivity contribution is 0.559. The summed E-state index contributed by atoms with van der Waals surface area (Å²) in [5.41, 5.74) is 2.57. The zero-order chi connectivity index (χ0) is 15.9. The first-order valence-electron chi connectivity index (χ1n) is 6.74. The van der Waals surface area contributed by atoms with Crippen molar-refractivity contribution < 1.29 is 4.74 Å². The van der Waals surface area contributed by atoms with Crippen LogP contribution >= 0.6 is 11.6 Å². The first kappa shape index (κ1) is 14.5. The second-order valence-corrected chi connectivity index (χ2v) is 5.58. The second-order valence-electron chi connectivity index (χ2n) is 5.17. The standard InChI is InChI=1S/C15H14ClN5O/c1-8(2)11-5-10(16)9-3-4-13-19-12(14(18)22-7-17)6-21(13)15(9)20-11/h3-8,17-18H,1-2H3. The van der Waals surface area contributed by atoms with Crippen molar-refractivity contribution in [3.05, 3.63) is 40.8 Å². The van der Waals surface area contributed by atoms with Gasteiger partial charge in [-0.15, -0.1) is 0 Å². The lowest BCUT2D eigenvalue weighted by Crippen LogP contribution is -2.03. The van der Waals surface area contributed by atoms with E-state index in [0.717, 1.165) is 11.1 Å². The average Bonchev–Trinajstić information content (AvgIpc) is 2.91. The number of hydrogen-bond donors (Lipinski definition) is 2. The highest BCUT2D eigenvalue weighted by Gasteiger charge is 2.13. The Morgan fingerprint density at radius 3 is 2.82 bits per heavy atom. The summed E-state index contributed by atoms with van der Waals surface area (Å²) < 4.78 is 6.54. The average molecular weight is 316 g/mol. The first-order valence-corrected chi connectivity index (χ1v) is 7.12. The maximum atomic E-state index is 7.73. The minimum absolute atomic E-state index is 0.182. The largest absolute Gasteiger partial charge is 0.426 e. The maximum absolute atomic E-state index is 7.73. The van der Waals surface area contributed by atoms with Gasteiger partial charge < -0.3 is 4.74 Å². The zero-order valence-corrected chi connectivity index (χ0v) is 12.8. The van der Waals surface area contributed by atoms with Crippen LogP contribution in [-0.2, 0) is 4.74 Å². The minimum atomic E-state index is -0.182. The number of pyridine rings is 2. The van der Waals surface area contributed by atoms with E-state index in [0.29, 0.717) is 28.4 Å². The van der Waals surface area contributed by atoms with Gasteiger partial charge in [-0.05, 0) is 24.1 Å². The van der Waals surface area contributed by atoms with Gasteiger partial charge in [0.05, 0.1) is 5.02 Å². The van der Waals surface area contributed by atoms with Crippen molar-refractivity contribution >= 4 is 40.6 Å². The summed E-state index contributed by atoms with van der Waals surface area (Å²) >= 11 is 6.36. The van der Waals surface area contributed by atoms with Gasteiger partial charge in [-0.25, -0.2) is 9.97 Å². The second kappa shape index (κ2) is 5.38. The molecule has 0 aliphatic carbocycles. The van der Waals surface area contributed by atoms with Crippen LogP contribution in [0.25, 0.3) is 16.7 Å². The molecule has 0 unspecified atom stereocenters. The van der Waals surface area contributed by atoms with E-state index in [1.807, 2.05) is 18.2 Å². The van der Waals surface area contributed by atoms with Crippen molar-refractivity contribution in [3.63, 3.8) is 0 Å². The molecule has 6 nitrogen and oxygen atoms in total. The molecule has 112 valence electrons. The smallest absolute Gasteiger partial charge is 0.240 e.